The first-order chi connectivity index (χ1) is 17.0. The third-order valence-electron chi connectivity index (χ3n) is 5.74. The van der Waals surface area contributed by atoms with Gasteiger partial charge in [0.15, 0.2) is 0 Å². The lowest BCUT2D eigenvalue weighted by atomic mass is 9.99. The van der Waals surface area contributed by atoms with Gasteiger partial charge in [0.2, 0.25) is 0 Å². The van der Waals surface area contributed by atoms with Crippen LogP contribution in [0, 0.1) is 12.7 Å². The van der Waals surface area contributed by atoms with Crippen molar-refractivity contribution in [1.29, 1.82) is 0 Å². The molecule has 188 valence electrons. The number of nitrogens with zero attached hydrogens (tertiary/aromatic N) is 2. The number of rotatable bonds is 7. The van der Waals surface area contributed by atoms with Crippen LogP contribution >= 0.6 is 0 Å². The second kappa shape index (κ2) is 9.88. The summed E-state index contributed by atoms with van der Waals surface area (Å²) < 4.78 is 64.9. The molecule has 0 saturated heterocycles. The number of benzene rings is 3. The van der Waals surface area contributed by atoms with Crippen molar-refractivity contribution in [3.8, 4) is 28.4 Å². The summed E-state index contributed by atoms with van der Waals surface area (Å²) in [5.74, 6) is -0.178. The molecule has 1 aliphatic heterocycles. The van der Waals surface area contributed by atoms with Crippen LogP contribution < -0.4 is 14.5 Å². The SMILES string of the molecule is COc1ccc(F)c(-c2ccc(Oc3ccc(N4N=C(C(F)(F)F)CC4CC(=O)O)cc3)cc2C)c1. The second-order valence-corrected chi connectivity index (χ2v) is 8.26. The summed E-state index contributed by atoms with van der Waals surface area (Å²) in [7, 11) is 1.50. The van der Waals surface area contributed by atoms with E-state index in [4.69, 9.17) is 14.6 Å². The first-order valence-electron chi connectivity index (χ1n) is 10.9. The maximum atomic E-state index is 14.4. The fourth-order valence-corrected chi connectivity index (χ4v) is 4.01. The highest BCUT2D eigenvalue weighted by molar-refractivity contribution is 5.94. The van der Waals surface area contributed by atoms with Gasteiger partial charge in [-0.15, -0.1) is 0 Å². The number of carboxylic acid groups (broad SMARTS) is 1. The molecule has 0 spiro atoms. The molecule has 0 aromatic heterocycles. The molecule has 1 atom stereocenters. The average Bonchev–Trinajstić information content (AvgIpc) is 3.24. The van der Waals surface area contributed by atoms with Gasteiger partial charge in [0.05, 0.1) is 25.3 Å². The van der Waals surface area contributed by atoms with Gasteiger partial charge in [-0.05, 0) is 72.6 Å². The molecule has 0 saturated carbocycles. The van der Waals surface area contributed by atoms with Crippen molar-refractivity contribution < 1.29 is 36.9 Å². The smallest absolute Gasteiger partial charge is 0.431 e. The van der Waals surface area contributed by atoms with E-state index in [1.807, 2.05) is 6.92 Å². The number of anilines is 1. The van der Waals surface area contributed by atoms with Gasteiger partial charge >= 0.3 is 12.1 Å². The number of hydrogen-bond acceptors (Lipinski definition) is 5. The van der Waals surface area contributed by atoms with E-state index in [0.717, 1.165) is 10.6 Å². The van der Waals surface area contributed by atoms with Crippen LogP contribution in [0.2, 0.25) is 0 Å². The van der Waals surface area contributed by atoms with Crippen LogP contribution in [0.25, 0.3) is 11.1 Å². The third kappa shape index (κ3) is 5.42. The Bertz CT molecular complexity index is 1310. The Balaban J connectivity index is 1.53. The van der Waals surface area contributed by atoms with Gasteiger partial charge in [0.1, 0.15) is 28.8 Å². The van der Waals surface area contributed by atoms with E-state index < -0.39 is 36.7 Å². The molecular weight excluding hydrogens is 480 g/mol. The van der Waals surface area contributed by atoms with E-state index in [0.29, 0.717) is 34.1 Å². The molecule has 4 rings (SSSR count). The maximum Gasteiger partial charge on any atom is 0.431 e. The van der Waals surface area contributed by atoms with Gasteiger partial charge in [0, 0.05) is 12.0 Å². The van der Waals surface area contributed by atoms with Crippen molar-refractivity contribution in [3.05, 3.63) is 72.0 Å². The highest BCUT2D eigenvalue weighted by Crippen LogP contribution is 2.35. The predicted octanol–water partition coefficient (Wildman–Crippen LogP) is 6.57. The topological polar surface area (TPSA) is 71.4 Å². The van der Waals surface area contributed by atoms with E-state index in [9.17, 15) is 22.4 Å². The van der Waals surface area contributed by atoms with E-state index in [-0.39, 0.29) is 5.82 Å². The van der Waals surface area contributed by atoms with Gasteiger partial charge in [-0.25, -0.2) is 4.39 Å². The summed E-state index contributed by atoms with van der Waals surface area (Å²) in [5.41, 5.74) is 1.12. The van der Waals surface area contributed by atoms with Crippen molar-refractivity contribution in [2.75, 3.05) is 12.1 Å². The second-order valence-electron chi connectivity index (χ2n) is 8.26. The molecule has 36 heavy (non-hydrogen) atoms. The number of hydrazone groups is 1. The Morgan fingerprint density at radius 3 is 2.31 bits per heavy atom. The minimum absolute atomic E-state index is 0.313. The van der Waals surface area contributed by atoms with Crippen molar-refractivity contribution in [2.45, 2.75) is 32.0 Å². The number of ether oxygens (including phenoxy) is 2. The summed E-state index contributed by atoms with van der Waals surface area (Å²) in [5, 5.41) is 13.8. The van der Waals surface area contributed by atoms with Crippen LogP contribution in [0.1, 0.15) is 18.4 Å². The fourth-order valence-electron chi connectivity index (χ4n) is 4.01. The van der Waals surface area contributed by atoms with Crippen molar-refractivity contribution in [2.24, 2.45) is 5.10 Å². The number of alkyl halides is 3. The lowest BCUT2D eigenvalue weighted by molar-refractivity contribution is -0.137. The van der Waals surface area contributed by atoms with E-state index in [1.165, 1.54) is 31.4 Å². The van der Waals surface area contributed by atoms with Crippen molar-refractivity contribution >= 4 is 17.4 Å². The number of aliphatic carboxylic acids is 1. The summed E-state index contributed by atoms with van der Waals surface area (Å²) in [4.78, 5) is 11.1. The molecule has 10 heteroatoms. The van der Waals surface area contributed by atoms with Gasteiger partial charge in [-0.3, -0.25) is 9.80 Å². The molecule has 3 aromatic carbocycles. The standard InChI is InChI=1S/C26H22F4N2O4/c1-15-11-20(7-9-21(15)22-14-19(35-2)8-10-23(22)27)36-18-5-3-16(4-6-18)32-17(13-25(33)34)12-24(31-32)26(28,29)30/h3-11,14,17H,12-13H2,1-2H3,(H,33,34). The van der Waals surface area contributed by atoms with Crippen LogP contribution in [0.15, 0.2) is 65.8 Å². The number of methoxy groups -OCH3 is 1. The van der Waals surface area contributed by atoms with Crippen LogP contribution in [0.3, 0.4) is 0 Å². The zero-order valence-electron chi connectivity index (χ0n) is 19.3. The van der Waals surface area contributed by atoms with E-state index >= 15 is 0 Å². The van der Waals surface area contributed by atoms with Crippen LogP contribution in [-0.2, 0) is 4.79 Å². The molecule has 1 N–H and O–H groups in total. The minimum atomic E-state index is -4.63. The summed E-state index contributed by atoms with van der Waals surface area (Å²) in [6.07, 6.45) is -5.62. The highest BCUT2D eigenvalue weighted by Gasteiger charge is 2.43. The lowest BCUT2D eigenvalue weighted by Gasteiger charge is -2.22. The molecule has 0 fully saturated rings. The Morgan fingerprint density at radius 1 is 1.03 bits per heavy atom. The zero-order valence-corrected chi connectivity index (χ0v) is 19.3. The first-order valence-corrected chi connectivity index (χ1v) is 10.9. The van der Waals surface area contributed by atoms with E-state index in [1.54, 1.807) is 36.4 Å². The molecule has 3 aromatic rings. The molecule has 0 aliphatic carbocycles. The zero-order chi connectivity index (χ0) is 26.0. The normalized spacial score (nSPS) is 15.6. The number of aryl methyl sites for hydroxylation is 1. The monoisotopic (exact) mass is 502 g/mol. The van der Waals surface area contributed by atoms with Crippen molar-refractivity contribution in [1.82, 2.24) is 0 Å². The van der Waals surface area contributed by atoms with Crippen LogP contribution in [0.4, 0.5) is 23.2 Å². The molecule has 0 radical (unpaired) electrons. The average molecular weight is 502 g/mol. The van der Waals surface area contributed by atoms with Crippen LogP contribution in [-0.4, -0.2) is 36.1 Å². The quantitative estimate of drug-likeness (QED) is 0.370. The molecular formula is C26H22F4N2O4. The Hall–Kier alpha value is -4.08. The Morgan fingerprint density at radius 2 is 1.69 bits per heavy atom. The highest BCUT2D eigenvalue weighted by atomic mass is 19.4. The van der Waals surface area contributed by atoms with Gasteiger partial charge in [-0.2, -0.15) is 18.3 Å². The number of carbonyl (C=O) groups is 1. The van der Waals surface area contributed by atoms with Gasteiger partial charge < -0.3 is 14.6 Å². The summed E-state index contributed by atoms with van der Waals surface area (Å²) in [6.45, 7) is 1.82. The van der Waals surface area contributed by atoms with E-state index in [2.05, 4.69) is 5.10 Å². The van der Waals surface area contributed by atoms with Gasteiger partial charge in [0.25, 0.3) is 0 Å². The predicted molar refractivity (Wildman–Crippen MR) is 126 cm³/mol. The molecule has 1 unspecified atom stereocenters. The number of halogens is 4. The number of hydrogen-bond donors (Lipinski definition) is 1. The first kappa shape index (κ1) is 25.0. The Kier molecular flexibility index (Phi) is 6.87. The maximum absolute atomic E-state index is 14.4. The van der Waals surface area contributed by atoms with Crippen LogP contribution in [0.5, 0.6) is 17.2 Å². The minimum Gasteiger partial charge on any atom is -0.497 e. The third-order valence-corrected chi connectivity index (χ3v) is 5.74. The molecule has 1 aliphatic rings. The van der Waals surface area contributed by atoms with Gasteiger partial charge in [-0.1, -0.05) is 6.07 Å². The van der Waals surface area contributed by atoms with Crippen molar-refractivity contribution in [3.63, 3.8) is 0 Å². The molecule has 6 nitrogen and oxygen atoms in total. The fraction of sp³-hybridized carbons (Fsp3) is 0.231. The summed E-state index contributed by atoms with van der Waals surface area (Å²) >= 11 is 0. The number of carboxylic acids is 1. The molecule has 0 amide bonds. The lowest BCUT2D eigenvalue weighted by Crippen LogP contribution is -2.29. The summed E-state index contributed by atoms with van der Waals surface area (Å²) in [6, 6.07) is 14.8. The Labute approximate surface area is 204 Å². The molecule has 1 heterocycles. The molecule has 0 bridgehead atoms. The largest absolute Gasteiger partial charge is 0.497 e.